The van der Waals surface area contributed by atoms with E-state index in [0.29, 0.717) is 26.2 Å². The van der Waals surface area contributed by atoms with Gasteiger partial charge in [-0.15, -0.1) is 0 Å². The molecule has 88 valence electrons. The molecule has 0 rings (SSSR count). The second kappa shape index (κ2) is 8.19. The van der Waals surface area contributed by atoms with Gasteiger partial charge in [-0.1, -0.05) is 0 Å². The third-order valence-electron chi connectivity index (χ3n) is 1.71. The lowest BCUT2D eigenvalue weighted by atomic mass is 10.3. The highest BCUT2D eigenvalue weighted by atomic mass is 16.5. The molecule has 0 aliphatic carbocycles. The van der Waals surface area contributed by atoms with Gasteiger partial charge >= 0.3 is 5.97 Å². The van der Waals surface area contributed by atoms with E-state index in [1.165, 1.54) is 4.90 Å². The molecule has 1 amide bonds. The fourth-order valence-electron chi connectivity index (χ4n) is 1.16. The second-order valence-corrected chi connectivity index (χ2v) is 3.12. The molecule has 0 bridgehead atoms. The lowest BCUT2D eigenvalue weighted by molar-refractivity contribution is -0.138. The molecule has 15 heavy (non-hydrogen) atoms. The number of primary amides is 1. The first kappa shape index (κ1) is 13.9. The number of carbonyl (C=O) groups excluding carboxylic acids is 1. The molecule has 6 heteroatoms. The van der Waals surface area contributed by atoms with Crippen LogP contribution in [0.3, 0.4) is 0 Å². The van der Waals surface area contributed by atoms with Crippen molar-refractivity contribution in [2.24, 2.45) is 5.73 Å². The van der Waals surface area contributed by atoms with E-state index in [2.05, 4.69) is 0 Å². The Morgan fingerprint density at radius 2 is 2.07 bits per heavy atom. The van der Waals surface area contributed by atoms with Crippen molar-refractivity contribution in [3.05, 3.63) is 0 Å². The summed E-state index contributed by atoms with van der Waals surface area (Å²) in [6.45, 7) is 3.38. The van der Waals surface area contributed by atoms with Gasteiger partial charge in [-0.25, -0.2) is 0 Å². The van der Waals surface area contributed by atoms with Gasteiger partial charge in [-0.2, -0.15) is 0 Å². The molecule has 0 saturated carbocycles. The zero-order chi connectivity index (χ0) is 11.7. The van der Waals surface area contributed by atoms with E-state index in [4.69, 9.17) is 15.6 Å². The molecule has 0 aliphatic rings. The Balaban J connectivity index is 3.79. The van der Waals surface area contributed by atoms with Gasteiger partial charge in [0.25, 0.3) is 0 Å². The lowest BCUT2D eigenvalue weighted by Gasteiger charge is -2.17. The average molecular weight is 218 g/mol. The molecule has 0 radical (unpaired) electrons. The molecule has 0 fully saturated rings. The fourth-order valence-corrected chi connectivity index (χ4v) is 1.16. The molecule has 0 spiro atoms. The molecular formula is C9H18N2O4. The van der Waals surface area contributed by atoms with Crippen LogP contribution in [0.2, 0.25) is 0 Å². The highest BCUT2D eigenvalue weighted by Gasteiger charge is 2.11. The van der Waals surface area contributed by atoms with Gasteiger partial charge in [0, 0.05) is 19.8 Å². The normalized spacial score (nSPS) is 10.5. The van der Waals surface area contributed by atoms with Crippen LogP contribution < -0.4 is 5.73 Å². The Bertz CT molecular complexity index is 192. The molecule has 0 atom stereocenters. The van der Waals surface area contributed by atoms with Crippen molar-refractivity contribution in [3.8, 4) is 0 Å². The predicted molar refractivity (Wildman–Crippen MR) is 54.4 cm³/mol. The summed E-state index contributed by atoms with van der Waals surface area (Å²) < 4.78 is 5.10. The van der Waals surface area contributed by atoms with Crippen molar-refractivity contribution in [3.63, 3.8) is 0 Å². The molecule has 0 aromatic carbocycles. The number of nitrogens with zero attached hydrogens (tertiary/aromatic N) is 1. The highest BCUT2D eigenvalue weighted by molar-refractivity contribution is 5.77. The van der Waals surface area contributed by atoms with Gasteiger partial charge in [-0.05, 0) is 13.3 Å². The van der Waals surface area contributed by atoms with Gasteiger partial charge in [0.1, 0.15) is 0 Å². The smallest absolute Gasteiger partial charge is 0.317 e. The van der Waals surface area contributed by atoms with Crippen molar-refractivity contribution < 1.29 is 19.4 Å². The maximum Gasteiger partial charge on any atom is 0.317 e. The maximum absolute atomic E-state index is 10.6. The van der Waals surface area contributed by atoms with Crippen LogP contribution in [0.5, 0.6) is 0 Å². The Kier molecular flexibility index (Phi) is 7.57. The minimum Gasteiger partial charge on any atom is -0.480 e. The first-order chi connectivity index (χ1) is 7.06. The number of ether oxygens (including phenoxy) is 1. The van der Waals surface area contributed by atoms with Crippen molar-refractivity contribution in [2.75, 3.05) is 32.8 Å². The summed E-state index contributed by atoms with van der Waals surface area (Å²) in [5.41, 5.74) is 4.99. The third-order valence-corrected chi connectivity index (χ3v) is 1.71. The molecule has 0 unspecified atom stereocenters. The monoisotopic (exact) mass is 218 g/mol. The van der Waals surface area contributed by atoms with Gasteiger partial charge in [-0.3, -0.25) is 14.5 Å². The quantitative estimate of drug-likeness (QED) is 0.498. The number of carbonyl (C=O) groups is 2. The van der Waals surface area contributed by atoms with E-state index in [1.54, 1.807) is 0 Å². The van der Waals surface area contributed by atoms with Crippen LogP contribution in [0.25, 0.3) is 0 Å². The van der Waals surface area contributed by atoms with Crippen molar-refractivity contribution in [1.82, 2.24) is 4.90 Å². The minimum absolute atomic E-state index is 0.0293. The number of hydrogen-bond acceptors (Lipinski definition) is 4. The number of carboxylic acid groups (broad SMARTS) is 1. The Morgan fingerprint density at radius 3 is 2.53 bits per heavy atom. The summed E-state index contributed by atoms with van der Waals surface area (Å²) in [5, 5.41) is 8.57. The molecule has 0 aromatic rings. The van der Waals surface area contributed by atoms with Gasteiger partial charge in [0.15, 0.2) is 0 Å². The number of hydrogen-bond donors (Lipinski definition) is 2. The van der Waals surface area contributed by atoms with Crippen LogP contribution in [0.4, 0.5) is 0 Å². The predicted octanol–water partition coefficient (Wildman–Crippen LogP) is -0.715. The van der Waals surface area contributed by atoms with Crippen LogP contribution in [0.1, 0.15) is 13.3 Å². The first-order valence-electron chi connectivity index (χ1n) is 4.86. The van der Waals surface area contributed by atoms with Crippen LogP contribution in [0, 0.1) is 0 Å². The van der Waals surface area contributed by atoms with Crippen LogP contribution in [0.15, 0.2) is 0 Å². The van der Waals surface area contributed by atoms with E-state index in [0.717, 1.165) is 0 Å². The number of amides is 1. The first-order valence-corrected chi connectivity index (χ1v) is 4.86. The Labute approximate surface area is 89.0 Å². The molecule has 0 saturated heterocycles. The van der Waals surface area contributed by atoms with Crippen LogP contribution in [-0.2, 0) is 14.3 Å². The Hall–Kier alpha value is -1.14. The van der Waals surface area contributed by atoms with Crippen molar-refractivity contribution >= 4 is 11.9 Å². The molecule has 0 heterocycles. The Morgan fingerprint density at radius 1 is 1.40 bits per heavy atom. The molecule has 0 aliphatic heterocycles. The largest absolute Gasteiger partial charge is 0.480 e. The maximum atomic E-state index is 10.6. The zero-order valence-electron chi connectivity index (χ0n) is 8.94. The number of aliphatic carboxylic acids is 1. The van der Waals surface area contributed by atoms with Crippen LogP contribution in [-0.4, -0.2) is 54.7 Å². The van der Waals surface area contributed by atoms with E-state index in [-0.39, 0.29) is 13.1 Å². The van der Waals surface area contributed by atoms with E-state index in [1.807, 2.05) is 6.92 Å². The molecule has 0 aromatic heterocycles. The van der Waals surface area contributed by atoms with Crippen LogP contribution >= 0.6 is 0 Å². The zero-order valence-corrected chi connectivity index (χ0v) is 8.94. The summed E-state index contributed by atoms with van der Waals surface area (Å²) in [4.78, 5) is 22.6. The molecule has 3 N–H and O–H groups in total. The molecular weight excluding hydrogens is 200 g/mol. The summed E-state index contributed by atoms with van der Waals surface area (Å²) in [5.74, 6) is -1.49. The minimum atomic E-state index is -0.965. The summed E-state index contributed by atoms with van der Waals surface area (Å²) in [6.07, 6.45) is 0.689. The fraction of sp³-hybridized carbons (Fsp3) is 0.778. The van der Waals surface area contributed by atoms with Gasteiger partial charge < -0.3 is 15.6 Å². The summed E-state index contributed by atoms with van der Waals surface area (Å²) in [7, 11) is 0. The number of rotatable bonds is 9. The van der Waals surface area contributed by atoms with Crippen molar-refractivity contribution in [2.45, 2.75) is 13.3 Å². The lowest BCUT2D eigenvalue weighted by Crippen LogP contribution is -2.38. The number of nitrogens with two attached hydrogens (primary N) is 1. The van der Waals surface area contributed by atoms with Crippen molar-refractivity contribution in [1.29, 1.82) is 0 Å². The highest BCUT2D eigenvalue weighted by Crippen LogP contribution is 1.92. The van der Waals surface area contributed by atoms with E-state index < -0.39 is 11.9 Å². The van der Waals surface area contributed by atoms with Gasteiger partial charge in [0.05, 0.1) is 13.1 Å². The topological polar surface area (TPSA) is 92.9 Å². The third kappa shape index (κ3) is 9.17. The SMILES string of the molecule is CCOCCCN(CC(N)=O)CC(=O)O. The number of carboxylic acids is 1. The summed E-state index contributed by atoms with van der Waals surface area (Å²) in [6, 6.07) is 0. The molecule has 6 nitrogen and oxygen atoms in total. The van der Waals surface area contributed by atoms with E-state index >= 15 is 0 Å². The average Bonchev–Trinajstić information content (AvgIpc) is 2.10. The standard InChI is InChI=1S/C9H18N2O4/c1-2-15-5-3-4-11(6-8(10)12)7-9(13)14/h2-7H2,1H3,(H2,10,12)(H,13,14). The second-order valence-electron chi connectivity index (χ2n) is 3.12. The van der Waals surface area contributed by atoms with Gasteiger partial charge in [0.2, 0.25) is 5.91 Å². The van der Waals surface area contributed by atoms with E-state index in [9.17, 15) is 9.59 Å². The summed E-state index contributed by atoms with van der Waals surface area (Å²) >= 11 is 0.